The zero-order chi connectivity index (χ0) is 19.5. The minimum absolute atomic E-state index is 0.115. The molecule has 0 saturated carbocycles. The Bertz CT molecular complexity index is 774. The summed E-state index contributed by atoms with van der Waals surface area (Å²) in [5.41, 5.74) is -0.590. The van der Waals surface area contributed by atoms with Crippen LogP contribution in [0.5, 0.6) is 0 Å². The highest BCUT2D eigenvalue weighted by atomic mass is 32.2. The van der Waals surface area contributed by atoms with Crippen LogP contribution < -0.4 is 0 Å². The molecule has 6 nitrogen and oxygen atoms in total. The molecule has 2 rings (SSSR count). The lowest BCUT2D eigenvalue weighted by atomic mass is 10.1. The zero-order valence-corrected chi connectivity index (χ0v) is 14.5. The molecule has 1 amide bonds. The van der Waals surface area contributed by atoms with Gasteiger partial charge < -0.3 is 10.0 Å². The van der Waals surface area contributed by atoms with E-state index in [0.29, 0.717) is 12.8 Å². The summed E-state index contributed by atoms with van der Waals surface area (Å²) in [6.07, 6.45) is -3.41. The van der Waals surface area contributed by atoms with Gasteiger partial charge in [-0.25, -0.2) is 8.42 Å². The molecule has 1 aliphatic heterocycles. The van der Waals surface area contributed by atoms with Crippen molar-refractivity contribution in [1.29, 1.82) is 0 Å². The van der Waals surface area contributed by atoms with E-state index in [9.17, 15) is 31.2 Å². The molecule has 1 aromatic carbocycles. The fraction of sp³-hybridized carbons (Fsp3) is 0.500. The molecular formula is C16H18F3NO5S. The Hall–Kier alpha value is -2.10. The van der Waals surface area contributed by atoms with E-state index in [1.807, 2.05) is 0 Å². The van der Waals surface area contributed by atoms with Gasteiger partial charge in [0, 0.05) is 6.54 Å². The molecule has 1 aromatic rings. The number of hydrogen-bond donors (Lipinski definition) is 1. The van der Waals surface area contributed by atoms with Gasteiger partial charge in [-0.05, 0) is 30.5 Å². The molecule has 1 fully saturated rings. The monoisotopic (exact) mass is 393 g/mol. The number of hydrogen-bond acceptors (Lipinski definition) is 4. The molecule has 26 heavy (non-hydrogen) atoms. The molecule has 0 aliphatic carbocycles. The molecule has 1 unspecified atom stereocenters. The van der Waals surface area contributed by atoms with E-state index in [1.54, 1.807) is 0 Å². The Morgan fingerprint density at radius 2 is 1.77 bits per heavy atom. The summed E-state index contributed by atoms with van der Waals surface area (Å²) in [7, 11) is -3.65. The second-order valence-corrected chi connectivity index (χ2v) is 8.44. The third kappa shape index (κ3) is 4.96. The first-order valence-corrected chi connectivity index (χ1v) is 9.60. The third-order valence-corrected chi connectivity index (χ3v) is 6.31. The predicted molar refractivity (Wildman–Crippen MR) is 85.9 cm³/mol. The summed E-state index contributed by atoms with van der Waals surface area (Å²) in [4.78, 5) is 24.5. The maximum atomic E-state index is 12.6. The minimum atomic E-state index is -4.51. The number of carboxylic acids is 1. The average Bonchev–Trinajstić information content (AvgIpc) is 2.52. The van der Waals surface area contributed by atoms with Crippen LogP contribution in [0.25, 0.3) is 0 Å². The number of sulfone groups is 1. The highest BCUT2D eigenvalue weighted by Crippen LogP contribution is 2.29. The molecule has 0 spiro atoms. The zero-order valence-electron chi connectivity index (χ0n) is 13.7. The summed E-state index contributed by atoms with van der Waals surface area (Å²) < 4.78 is 62.0. The first kappa shape index (κ1) is 20.2. The molecule has 0 radical (unpaired) electrons. The van der Waals surface area contributed by atoms with Gasteiger partial charge in [-0.2, -0.15) is 13.2 Å². The number of rotatable bonds is 5. The van der Waals surface area contributed by atoms with E-state index >= 15 is 0 Å². The minimum Gasteiger partial charge on any atom is -0.480 e. The maximum absolute atomic E-state index is 12.6. The highest BCUT2D eigenvalue weighted by Gasteiger charge is 2.38. The van der Waals surface area contributed by atoms with Gasteiger partial charge in [-0.3, -0.25) is 9.59 Å². The van der Waals surface area contributed by atoms with E-state index in [0.717, 1.165) is 29.2 Å². The molecule has 1 saturated heterocycles. The van der Waals surface area contributed by atoms with Crippen molar-refractivity contribution in [2.24, 2.45) is 0 Å². The van der Waals surface area contributed by atoms with Crippen molar-refractivity contribution in [2.75, 3.05) is 12.3 Å². The van der Waals surface area contributed by atoms with Gasteiger partial charge >= 0.3 is 12.1 Å². The van der Waals surface area contributed by atoms with Crippen molar-refractivity contribution < 1.29 is 36.3 Å². The normalized spacial score (nSPS) is 19.7. The molecule has 1 heterocycles. The summed E-state index contributed by atoms with van der Waals surface area (Å²) in [5, 5.41) is 7.70. The van der Waals surface area contributed by atoms with Crippen molar-refractivity contribution >= 4 is 21.7 Å². The number of aliphatic carboxylic acids is 1. The largest absolute Gasteiger partial charge is 0.480 e. The Kier molecular flexibility index (Phi) is 5.94. The van der Waals surface area contributed by atoms with Crippen LogP contribution in [0.3, 0.4) is 0 Å². The van der Waals surface area contributed by atoms with Gasteiger partial charge in [0.25, 0.3) is 0 Å². The quantitative estimate of drug-likeness (QED) is 0.827. The Labute approximate surface area is 148 Å². The molecule has 1 N–H and O–H groups in total. The number of benzene rings is 1. The summed E-state index contributed by atoms with van der Waals surface area (Å²) in [6.45, 7) is -1.01. The lowest BCUT2D eigenvalue weighted by Gasteiger charge is -2.28. The van der Waals surface area contributed by atoms with Crippen molar-refractivity contribution in [2.45, 2.75) is 37.2 Å². The standard InChI is InChI=1S/C16H18F3NO5S/c17-16(18,19)12-6-4-11(5-7-12)9-20(10-14(21)22)15(23)13-3-1-2-8-26(13,24)25/h4-7,13H,1-3,8-10H2,(H,21,22). The van der Waals surface area contributed by atoms with E-state index in [-0.39, 0.29) is 24.3 Å². The summed E-state index contributed by atoms with van der Waals surface area (Å²) in [6, 6.07) is 3.94. The van der Waals surface area contributed by atoms with Crippen molar-refractivity contribution in [3.05, 3.63) is 35.4 Å². The third-order valence-electron chi connectivity index (χ3n) is 4.15. The number of nitrogens with zero attached hydrogens (tertiary/aromatic N) is 1. The van der Waals surface area contributed by atoms with E-state index in [2.05, 4.69) is 0 Å². The van der Waals surface area contributed by atoms with Crippen LogP contribution in [0, 0.1) is 0 Å². The number of carbonyl (C=O) groups excluding carboxylic acids is 1. The van der Waals surface area contributed by atoms with E-state index in [4.69, 9.17) is 5.11 Å². The van der Waals surface area contributed by atoms with Crippen molar-refractivity contribution in [3.8, 4) is 0 Å². The van der Waals surface area contributed by atoms with Crippen LogP contribution in [0.2, 0.25) is 0 Å². The van der Waals surface area contributed by atoms with E-state index in [1.165, 1.54) is 0 Å². The van der Waals surface area contributed by atoms with Crippen LogP contribution in [0.15, 0.2) is 24.3 Å². The van der Waals surface area contributed by atoms with Crippen LogP contribution in [0.1, 0.15) is 30.4 Å². The Morgan fingerprint density at radius 1 is 1.15 bits per heavy atom. The van der Waals surface area contributed by atoms with Gasteiger partial charge in [-0.1, -0.05) is 18.6 Å². The van der Waals surface area contributed by atoms with Crippen molar-refractivity contribution in [1.82, 2.24) is 4.90 Å². The average molecular weight is 393 g/mol. The lowest BCUT2D eigenvalue weighted by Crippen LogP contribution is -2.46. The van der Waals surface area contributed by atoms with Gasteiger partial charge in [-0.15, -0.1) is 0 Å². The number of carbonyl (C=O) groups is 2. The van der Waals surface area contributed by atoms with Crippen LogP contribution >= 0.6 is 0 Å². The Morgan fingerprint density at radius 3 is 2.27 bits per heavy atom. The molecule has 1 atom stereocenters. The number of amides is 1. The number of halogens is 3. The number of carboxylic acid groups (broad SMARTS) is 1. The smallest absolute Gasteiger partial charge is 0.416 e. The molecule has 10 heteroatoms. The first-order valence-electron chi connectivity index (χ1n) is 7.89. The van der Waals surface area contributed by atoms with Crippen LogP contribution in [-0.4, -0.2) is 47.8 Å². The summed E-state index contributed by atoms with van der Waals surface area (Å²) in [5.74, 6) is -2.30. The molecule has 1 aliphatic rings. The molecule has 0 bridgehead atoms. The topological polar surface area (TPSA) is 91.8 Å². The second-order valence-electron chi connectivity index (χ2n) is 6.13. The van der Waals surface area contributed by atoms with Gasteiger partial charge in [0.2, 0.25) is 5.91 Å². The molecule has 144 valence electrons. The van der Waals surface area contributed by atoms with Gasteiger partial charge in [0.05, 0.1) is 11.3 Å². The maximum Gasteiger partial charge on any atom is 0.416 e. The fourth-order valence-electron chi connectivity index (χ4n) is 2.83. The van der Waals surface area contributed by atoms with Crippen LogP contribution in [0.4, 0.5) is 13.2 Å². The first-order chi connectivity index (χ1) is 12.0. The van der Waals surface area contributed by atoms with Crippen LogP contribution in [-0.2, 0) is 32.1 Å². The van der Waals surface area contributed by atoms with Gasteiger partial charge in [0.15, 0.2) is 9.84 Å². The van der Waals surface area contributed by atoms with Gasteiger partial charge in [0.1, 0.15) is 11.8 Å². The molecule has 0 aromatic heterocycles. The molecular weight excluding hydrogens is 375 g/mol. The fourth-order valence-corrected chi connectivity index (χ4v) is 4.70. The number of alkyl halides is 3. The SMILES string of the molecule is O=C(O)CN(Cc1ccc(C(F)(F)F)cc1)C(=O)C1CCCCS1(=O)=O. The predicted octanol–water partition coefficient (Wildman–Crippen LogP) is 2.09. The summed E-state index contributed by atoms with van der Waals surface area (Å²) >= 11 is 0. The Balaban J connectivity index is 2.22. The van der Waals surface area contributed by atoms with Crippen molar-refractivity contribution in [3.63, 3.8) is 0 Å². The van der Waals surface area contributed by atoms with E-state index < -0.39 is 45.2 Å². The second kappa shape index (κ2) is 7.65. The highest BCUT2D eigenvalue weighted by molar-refractivity contribution is 7.92. The lowest BCUT2D eigenvalue weighted by molar-refractivity contribution is -0.144.